The molecule has 0 saturated heterocycles. The molecule has 2 aromatic carbocycles. The van der Waals surface area contributed by atoms with Crippen LogP contribution in [-0.2, 0) is 4.79 Å². The molecule has 0 fully saturated rings. The number of aryl methyl sites for hydroxylation is 1. The molecule has 0 atom stereocenters. The minimum Gasteiger partial charge on any atom is -0.375 e. The van der Waals surface area contributed by atoms with Gasteiger partial charge in [-0.25, -0.2) is 4.98 Å². The lowest BCUT2D eigenvalue weighted by atomic mass is 10.2. The van der Waals surface area contributed by atoms with E-state index in [9.17, 15) is 4.79 Å². The molecule has 0 bridgehead atoms. The summed E-state index contributed by atoms with van der Waals surface area (Å²) >= 11 is 1.42. The molecular weight excluding hydrogens is 294 g/mol. The molecule has 3 aromatic rings. The maximum Gasteiger partial charge on any atom is 0.248 e. The second kappa shape index (κ2) is 5.99. The van der Waals surface area contributed by atoms with E-state index < -0.39 is 0 Å². The van der Waals surface area contributed by atoms with Crippen LogP contribution in [0.2, 0.25) is 0 Å². The molecule has 0 aliphatic rings. The SMILES string of the molecule is Cc1cc(NC(=O)/C=C/c2ccccc2)cc2sc(N)nc12. The molecule has 0 saturated carbocycles. The van der Waals surface area contributed by atoms with Crippen LogP contribution in [0.4, 0.5) is 10.8 Å². The number of carbonyl (C=O) groups is 1. The van der Waals surface area contributed by atoms with Gasteiger partial charge in [0.15, 0.2) is 5.13 Å². The van der Waals surface area contributed by atoms with Crippen LogP contribution in [0.5, 0.6) is 0 Å². The van der Waals surface area contributed by atoms with E-state index in [0.29, 0.717) is 5.13 Å². The first-order chi connectivity index (χ1) is 10.6. The highest BCUT2D eigenvalue weighted by atomic mass is 32.1. The number of thiazole rings is 1. The van der Waals surface area contributed by atoms with Gasteiger partial charge in [-0.15, -0.1) is 0 Å². The lowest BCUT2D eigenvalue weighted by molar-refractivity contribution is -0.111. The average molecular weight is 309 g/mol. The van der Waals surface area contributed by atoms with Crippen molar-refractivity contribution < 1.29 is 4.79 Å². The number of fused-ring (bicyclic) bond motifs is 1. The summed E-state index contributed by atoms with van der Waals surface area (Å²) in [6.45, 7) is 1.96. The number of carbonyl (C=O) groups excluding carboxylic acids is 1. The van der Waals surface area contributed by atoms with Crippen molar-refractivity contribution in [3.05, 3.63) is 59.7 Å². The molecule has 22 heavy (non-hydrogen) atoms. The Hall–Kier alpha value is -2.66. The Morgan fingerprint density at radius 1 is 1.27 bits per heavy atom. The van der Waals surface area contributed by atoms with Crippen LogP contribution >= 0.6 is 11.3 Å². The number of benzene rings is 2. The van der Waals surface area contributed by atoms with E-state index in [1.54, 1.807) is 6.08 Å². The highest BCUT2D eigenvalue weighted by Gasteiger charge is 2.07. The molecule has 0 aliphatic heterocycles. The number of anilines is 2. The van der Waals surface area contributed by atoms with Gasteiger partial charge in [0.25, 0.3) is 0 Å². The Morgan fingerprint density at radius 3 is 2.82 bits per heavy atom. The van der Waals surface area contributed by atoms with E-state index in [-0.39, 0.29) is 5.91 Å². The summed E-state index contributed by atoms with van der Waals surface area (Å²) in [5.74, 6) is -0.167. The fourth-order valence-electron chi connectivity index (χ4n) is 2.21. The largest absolute Gasteiger partial charge is 0.375 e. The van der Waals surface area contributed by atoms with Crippen molar-refractivity contribution in [3.63, 3.8) is 0 Å². The number of nitrogens with one attached hydrogen (secondary N) is 1. The third kappa shape index (κ3) is 3.15. The van der Waals surface area contributed by atoms with Crippen LogP contribution < -0.4 is 11.1 Å². The van der Waals surface area contributed by atoms with Gasteiger partial charge in [-0.3, -0.25) is 4.79 Å². The highest BCUT2D eigenvalue weighted by Crippen LogP contribution is 2.29. The van der Waals surface area contributed by atoms with Crippen molar-refractivity contribution in [1.29, 1.82) is 0 Å². The van der Waals surface area contributed by atoms with Crippen LogP contribution in [0.3, 0.4) is 0 Å². The van der Waals surface area contributed by atoms with Crippen molar-refractivity contribution in [3.8, 4) is 0 Å². The summed E-state index contributed by atoms with van der Waals surface area (Å²) in [6.07, 6.45) is 3.31. The predicted molar refractivity (Wildman–Crippen MR) is 92.9 cm³/mol. The van der Waals surface area contributed by atoms with E-state index in [2.05, 4.69) is 10.3 Å². The van der Waals surface area contributed by atoms with E-state index in [1.807, 2.05) is 49.4 Å². The van der Waals surface area contributed by atoms with Gasteiger partial charge in [0.1, 0.15) is 0 Å². The maximum atomic E-state index is 12.0. The fraction of sp³-hybridized carbons (Fsp3) is 0.0588. The van der Waals surface area contributed by atoms with Crippen molar-refractivity contribution in [2.24, 2.45) is 0 Å². The zero-order chi connectivity index (χ0) is 15.5. The zero-order valence-corrected chi connectivity index (χ0v) is 12.9. The van der Waals surface area contributed by atoms with Gasteiger partial charge in [-0.1, -0.05) is 41.7 Å². The molecule has 0 aliphatic carbocycles. The molecule has 1 aromatic heterocycles. The second-order valence-corrected chi connectivity index (χ2v) is 5.99. The van der Waals surface area contributed by atoms with Gasteiger partial charge < -0.3 is 11.1 Å². The summed E-state index contributed by atoms with van der Waals surface area (Å²) in [4.78, 5) is 16.3. The Kier molecular flexibility index (Phi) is 3.89. The topological polar surface area (TPSA) is 68.0 Å². The monoisotopic (exact) mass is 309 g/mol. The third-order valence-electron chi connectivity index (χ3n) is 3.20. The van der Waals surface area contributed by atoms with Crippen molar-refractivity contribution in [2.45, 2.75) is 6.92 Å². The van der Waals surface area contributed by atoms with Crippen molar-refractivity contribution >= 4 is 44.4 Å². The standard InChI is InChI=1S/C17H15N3OS/c1-11-9-13(10-14-16(11)20-17(18)22-14)19-15(21)8-7-12-5-3-2-4-6-12/h2-10H,1H3,(H2,18,20)(H,19,21)/b8-7+. The number of amides is 1. The molecule has 0 unspecified atom stereocenters. The van der Waals surface area contributed by atoms with Gasteiger partial charge in [0.05, 0.1) is 10.2 Å². The maximum absolute atomic E-state index is 12.0. The van der Waals surface area contributed by atoms with Crippen molar-refractivity contribution in [1.82, 2.24) is 4.98 Å². The van der Waals surface area contributed by atoms with Crippen LogP contribution in [0.1, 0.15) is 11.1 Å². The van der Waals surface area contributed by atoms with Crippen LogP contribution in [0, 0.1) is 6.92 Å². The number of aromatic nitrogens is 1. The first kappa shape index (κ1) is 14.3. The van der Waals surface area contributed by atoms with Crippen LogP contribution in [0.25, 0.3) is 16.3 Å². The van der Waals surface area contributed by atoms with E-state index in [1.165, 1.54) is 17.4 Å². The van der Waals surface area contributed by atoms with Gasteiger partial charge >= 0.3 is 0 Å². The van der Waals surface area contributed by atoms with Gasteiger partial charge in [0, 0.05) is 11.8 Å². The molecule has 3 rings (SSSR count). The summed E-state index contributed by atoms with van der Waals surface area (Å²) in [5, 5.41) is 3.40. The normalized spacial score (nSPS) is 11.1. The van der Waals surface area contributed by atoms with Crippen LogP contribution in [0.15, 0.2) is 48.5 Å². The second-order valence-electron chi connectivity index (χ2n) is 4.93. The Labute approximate surface area is 132 Å². The molecule has 5 heteroatoms. The Bertz CT molecular complexity index is 853. The number of nitrogen functional groups attached to an aromatic ring is 1. The molecule has 1 amide bonds. The first-order valence-electron chi connectivity index (χ1n) is 6.82. The quantitative estimate of drug-likeness (QED) is 0.722. The van der Waals surface area contributed by atoms with Gasteiger partial charge in [-0.05, 0) is 36.3 Å². The highest BCUT2D eigenvalue weighted by molar-refractivity contribution is 7.22. The molecular formula is C17H15N3OS. The third-order valence-corrected chi connectivity index (χ3v) is 4.03. The summed E-state index contributed by atoms with van der Waals surface area (Å²) in [5.41, 5.74) is 9.35. The fourth-order valence-corrected chi connectivity index (χ4v) is 3.06. The molecule has 4 nitrogen and oxygen atoms in total. The smallest absolute Gasteiger partial charge is 0.248 e. The number of hydrogen-bond acceptors (Lipinski definition) is 4. The lowest BCUT2D eigenvalue weighted by Crippen LogP contribution is -2.07. The molecule has 0 radical (unpaired) electrons. The summed E-state index contributed by atoms with van der Waals surface area (Å²) in [7, 11) is 0. The summed E-state index contributed by atoms with van der Waals surface area (Å²) in [6, 6.07) is 13.5. The Balaban J connectivity index is 1.78. The zero-order valence-electron chi connectivity index (χ0n) is 12.0. The summed E-state index contributed by atoms with van der Waals surface area (Å²) < 4.78 is 0.972. The van der Waals surface area contributed by atoms with Crippen molar-refractivity contribution in [2.75, 3.05) is 11.1 Å². The van der Waals surface area contributed by atoms with Gasteiger partial charge in [-0.2, -0.15) is 0 Å². The minimum absolute atomic E-state index is 0.167. The van der Waals surface area contributed by atoms with Gasteiger partial charge in [0.2, 0.25) is 5.91 Å². The number of hydrogen-bond donors (Lipinski definition) is 2. The molecule has 0 spiro atoms. The number of nitrogens with zero attached hydrogens (tertiary/aromatic N) is 1. The minimum atomic E-state index is -0.167. The molecule has 1 heterocycles. The van der Waals surface area contributed by atoms with Crippen LogP contribution in [-0.4, -0.2) is 10.9 Å². The van der Waals surface area contributed by atoms with E-state index in [4.69, 9.17) is 5.73 Å². The average Bonchev–Trinajstić information content (AvgIpc) is 2.87. The Morgan fingerprint density at radius 2 is 2.05 bits per heavy atom. The number of rotatable bonds is 3. The first-order valence-corrected chi connectivity index (χ1v) is 7.64. The number of nitrogens with two attached hydrogens (primary N) is 1. The molecule has 3 N–H and O–H groups in total. The predicted octanol–water partition coefficient (Wildman–Crippen LogP) is 3.84. The lowest BCUT2D eigenvalue weighted by Gasteiger charge is -2.04. The van der Waals surface area contributed by atoms with E-state index >= 15 is 0 Å². The van der Waals surface area contributed by atoms with E-state index in [0.717, 1.165) is 27.0 Å². The molecule has 110 valence electrons.